The fourth-order valence-electron chi connectivity index (χ4n) is 5.13. The minimum Gasteiger partial charge on any atom is -0.469 e. The highest BCUT2D eigenvalue weighted by Crippen LogP contribution is 2.38. The van der Waals surface area contributed by atoms with Gasteiger partial charge in [-0.05, 0) is 64.2 Å². The van der Waals surface area contributed by atoms with Crippen LogP contribution in [0.15, 0.2) is 34.2 Å². The van der Waals surface area contributed by atoms with E-state index in [1.165, 1.54) is 16.7 Å². The van der Waals surface area contributed by atoms with Gasteiger partial charge in [0, 0.05) is 30.4 Å². The molecule has 2 aliphatic heterocycles. The molecular formula is C28H32F2N6O5S. The normalized spacial score (nSPS) is 20.4. The van der Waals surface area contributed by atoms with Crippen molar-refractivity contribution in [1.29, 1.82) is 0 Å². The summed E-state index contributed by atoms with van der Waals surface area (Å²) in [6, 6.07) is 6.17. The predicted octanol–water partition coefficient (Wildman–Crippen LogP) is 5.12. The number of hydrogen-bond acceptors (Lipinski definition) is 9. The van der Waals surface area contributed by atoms with Gasteiger partial charge in [0.25, 0.3) is 6.43 Å². The van der Waals surface area contributed by atoms with Crippen LogP contribution in [0.4, 0.5) is 26.0 Å². The van der Waals surface area contributed by atoms with Crippen molar-refractivity contribution in [3.63, 3.8) is 0 Å². The number of halogens is 2. The van der Waals surface area contributed by atoms with Gasteiger partial charge in [-0.3, -0.25) is 9.36 Å². The number of aliphatic imine (C=N–C) groups is 1. The van der Waals surface area contributed by atoms with Crippen molar-refractivity contribution in [2.75, 3.05) is 30.0 Å². The van der Waals surface area contributed by atoms with Crippen molar-refractivity contribution >= 4 is 50.0 Å². The van der Waals surface area contributed by atoms with Crippen LogP contribution in [-0.2, 0) is 24.1 Å². The lowest BCUT2D eigenvalue weighted by molar-refractivity contribution is -0.117. The molecule has 0 bridgehead atoms. The molecule has 1 saturated heterocycles. The topological polar surface area (TPSA) is 137 Å². The zero-order valence-electron chi connectivity index (χ0n) is 23.5. The minimum atomic E-state index is -3.78. The lowest BCUT2D eigenvalue weighted by Crippen LogP contribution is -2.24. The first-order valence-corrected chi connectivity index (χ1v) is 15.8. The number of ether oxygens (including phenoxy) is 2. The third-order valence-corrected chi connectivity index (χ3v) is 8.52. The molecule has 3 aromatic rings. The molecule has 1 atom stereocenters. The predicted molar refractivity (Wildman–Crippen MR) is 152 cm³/mol. The maximum Gasteiger partial charge on any atom is 0.295 e. The summed E-state index contributed by atoms with van der Waals surface area (Å²) < 4.78 is 67.5. The fraction of sp³-hybridized carbons (Fsp3) is 0.500. The summed E-state index contributed by atoms with van der Waals surface area (Å²) >= 11 is 0. The molecule has 1 amide bonds. The van der Waals surface area contributed by atoms with Gasteiger partial charge in [-0.25, -0.2) is 32.2 Å². The van der Waals surface area contributed by atoms with E-state index in [1.807, 2.05) is 13.8 Å². The Morgan fingerprint density at radius 2 is 1.90 bits per heavy atom. The third kappa shape index (κ3) is 5.69. The van der Waals surface area contributed by atoms with Crippen molar-refractivity contribution in [1.82, 2.24) is 14.5 Å². The summed E-state index contributed by atoms with van der Waals surface area (Å²) in [5.41, 5.74) is 0.566. The first kappa shape index (κ1) is 28.5. The molecule has 2 aromatic heterocycles. The number of imidazole rings is 1. The van der Waals surface area contributed by atoms with E-state index in [-0.39, 0.29) is 45.1 Å². The summed E-state index contributed by atoms with van der Waals surface area (Å²) in [7, 11) is -3.78. The average Bonchev–Trinajstić information content (AvgIpc) is 3.62. The van der Waals surface area contributed by atoms with E-state index in [1.54, 1.807) is 12.1 Å². The number of rotatable bonds is 8. The lowest BCUT2D eigenvalue weighted by Gasteiger charge is -2.25. The molecule has 1 saturated carbocycles. The fourth-order valence-corrected chi connectivity index (χ4v) is 5.99. The Morgan fingerprint density at radius 3 is 2.52 bits per heavy atom. The molecule has 1 aromatic carbocycles. The summed E-state index contributed by atoms with van der Waals surface area (Å²) in [6.07, 6.45) is 1.07. The summed E-state index contributed by atoms with van der Waals surface area (Å²) in [5, 5.41) is 5.86. The zero-order chi connectivity index (χ0) is 29.8. The van der Waals surface area contributed by atoms with Gasteiger partial charge < -0.3 is 20.1 Å². The molecule has 3 aliphatic rings. The van der Waals surface area contributed by atoms with Gasteiger partial charge in [0.1, 0.15) is 23.2 Å². The molecule has 6 rings (SSSR count). The van der Waals surface area contributed by atoms with Crippen molar-refractivity contribution in [3.8, 4) is 0 Å². The van der Waals surface area contributed by atoms with Crippen LogP contribution < -0.4 is 10.6 Å². The van der Waals surface area contributed by atoms with Gasteiger partial charge in [0.2, 0.25) is 11.8 Å². The van der Waals surface area contributed by atoms with Gasteiger partial charge >= 0.3 is 0 Å². The molecule has 0 radical (unpaired) electrons. The maximum atomic E-state index is 14.3. The Hall–Kier alpha value is -3.65. The number of carbonyl (C=O) groups excluding carboxylic acids is 1. The third-order valence-electron chi connectivity index (χ3n) is 7.39. The number of pyridine rings is 1. The molecule has 11 nitrogen and oxygen atoms in total. The maximum absolute atomic E-state index is 14.3. The van der Waals surface area contributed by atoms with Crippen LogP contribution in [0.3, 0.4) is 0 Å². The lowest BCUT2D eigenvalue weighted by atomic mass is 10.1. The van der Waals surface area contributed by atoms with Gasteiger partial charge in [0.15, 0.2) is 21.3 Å². The standard InChI is InChI=1S/C28H32F2N6O5S/c1-28(2)14-31-27(41-28)16-9-10-17(19(12-16)42(3,38)39)32-18-13-20(34-26(37)15-7-8-15)33-24-22(18)35-25(23(29)30)36(24)21-6-4-5-11-40-21/h9-10,12-13,15,21,23H,4-8,11,14H2,1-3H3,(H2,32,33,34,37). The number of nitrogens with zero attached hydrogens (tertiary/aromatic N) is 4. The summed E-state index contributed by atoms with van der Waals surface area (Å²) in [4.78, 5) is 25.8. The Kier molecular flexibility index (Phi) is 7.16. The number of aromatic nitrogens is 3. The van der Waals surface area contributed by atoms with E-state index < -0.39 is 33.9 Å². The van der Waals surface area contributed by atoms with E-state index in [0.29, 0.717) is 31.0 Å². The van der Waals surface area contributed by atoms with Crippen LogP contribution in [0.2, 0.25) is 0 Å². The van der Waals surface area contributed by atoms with Crippen molar-refractivity contribution < 1.29 is 31.5 Å². The highest BCUT2D eigenvalue weighted by atomic mass is 32.2. The van der Waals surface area contributed by atoms with Crippen LogP contribution in [0.1, 0.15) is 70.0 Å². The average molecular weight is 603 g/mol. The molecule has 42 heavy (non-hydrogen) atoms. The molecule has 0 spiro atoms. The second-order valence-corrected chi connectivity index (χ2v) is 13.5. The van der Waals surface area contributed by atoms with E-state index >= 15 is 0 Å². The molecule has 4 heterocycles. The van der Waals surface area contributed by atoms with E-state index in [2.05, 4.69) is 25.6 Å². The molecule has 224 valence electrons. The molecule has 1 aliphatic carbocycles. The van der Waals surface area contributed by atoms with Crippen molar-refractivity contribution in [2.24, 2.45) is 10.9 Å². The van der Waals surface area contributed by atoms with Crippen LogP contribution in [-0.4, -0.2) is 59.8 Å². The summed E-state index contributed by atoms with van der Waals surface area (Å²) in [6.45, 7) is 4.61. The number of fused-ring (bicyclic) bond motifs is 1. The highest BCUT2D eigenvalue weighted by Gasteiger charge is 2.33. The highest BCUT2D eigenvalue weighted by molar-refractivity contribution is 7.90. The van der Waals surface area contributed by atoms with Gasteiger partial charge in [-0.2, -0.15) is 0 Å². The van der Waals surface area contributed by atoms with Crippen LogP contribution >= 0.6 is 0 Å². The molecule has 2 N–H and O–H groups in total. The first-order valence-electron chi connectivity index (χ1n) is 13.9. The van der Waals surface area contributed by atoms with Crippen LogP contribution in [0.5, 0.6) is 0 Å². The number of carbonyl (C=O) groups is 1. The Bertz CT molecular complexity index is 1690. The number of benzene rings is 1. The summed E-state index contributed by atoms with van der Waals surface area (Å²) in [5.74, 6) is -0.398. The number of nitrogens with one attached hydrogen (secondary N) is 2. The number of sulfone groups is 1. The Balaban J connectivity index is 1.47. The Labute approximate surface area is 241 Å². The van der Waals surface area contributed by atoms with E-state index in [4.69, 9.17) is 9.47 Å². The molecule has 14 heteroatoms. The molecular weight excluding hydrogens is 570 g/mol. The SMILES string of the molecule is CC1(C)CN=C(c2ccc(Nc3cc(NC(=O)C4CC4)nc4c3nc(C(F)F)n4C3CCCCO3)c(S(C)(=O)=O)c2)O1. The van der Waals surface area contributed by atoms with Gasteiger partial charge in [0.05, 0.1) is 22.8 Å². The number of alkyl halides is 2. The quantitative estimate of drug-likeness (QED) is 0.363. The van der Waals surface area contributed by atoms with Crippen LogP contribution in [0.25, 0.3) is 11.2 Å². The number of amides is 1. The second kappa shape index (κ2) is 10.6. The van der Waals surface area contributed by atoms with Gasteiger partial charge in [-0.1, -0.05) is 0 Å². The monoisotopic (exact) mass is 602 g/mol. The van der Waals surface area contributed by atoms with E-state index in [0.717, 1.165) is 31.9 Å². The Morgan fingerprint density at radius 1 is 1.12 bits per heavy atom. The second-order valence-electron chi connectivity index (χ2n) is 11.5. The van der Waals surface area contributed by atoms with E-state index in [9.17, 15) is 22.0 Å². The molecule has 1 unspecified atom stereocenters. The largest absolute Gasteiger partial charge is 0.469 e. The van der Waals surface area contributed by atoms with Crippen molar-refractivity contribution in [3.05, 3.63) is 35.7 Å². The first-order chi connectivity index (χ1) is 19.9. The number of anilines is 3. The zero-order valence-corrected chi connectivity index (χ0v) is 24.3. The minimum absolute atomic E-state index is 0.0475. The number of hydrogen-bond donors (Lipinski definition) is 2. The van der Waals surface area contributed by atoms with Crippen LogP contribution in [0, 0.1) is 5.92 Å². The van der Waals surface area contributed by atoms with Crippen molar-refractivity contribution in [2.45, 2.75) is 69.1 Å². The van der Waals surface area contributed by atoms with Gasteiger partial charge in [-0.15, -0.1) is 0 Å². The molecule has 2 fully saturated rings. The smallest absolute Gasteiger partial charge is 0.295 e.